The lowest BCUT2D eigenvalue weighted by Gasteiger charge is -2.17. The van der Waals surface area contributed by atoms with E-state index in [2.05, 4.69) is 0 Å². The first-order chi connectivity index (χ1) is 15.6. The average molecular weight is 458 g/mol. The van der Waals surface area contributed by atoms with E-state index in [1.807, 2.05) is 0 Å². The summed E-state index contributed by atoms with van der Waals surface area (Å²) >= 11 is 0. The van der Waals surface area contributed by atoms with Crippen molar-refractivity contribution in [1.82, 2.24) is 9.13 Å². The van der Waals surface area contributed by atoms with E-state index in [9.17, 15) is 27.6 Å². The van der Waals surface area contributed by atoms with Gasteiger partial charge in [-0.25, -0.2) is 4.79 Å². The fourth-order valence-electron chi connectivity index (χ4n) is 3.99. The van der Waals surface area contributed by atoms with Gasteiger partial charge < -0.3 is 10.6 Å². The summed E-state index contributed by atoms with van der Waals surface area (Å²) in [6.07, 6.45) is -2.11. The zero-order valence-electron chi connectivity index (χ0n) is 17.7. The molecule has 0 bridgehead atoms. The van der Waals surface area contributed by atoms with Crippen LogP contribution in [-0.2, 0) is 17.5 Å². The van der Waals surface area contributed by atoms with E-state index in [0.717, 1.165) is 21.6 Å². The third-order valence-corrected chi connectivity index (χ3v) is 5.79. The first-order valence-electron chi connectivity index (χ1n) is 10.3. The summed E-state index contributed by atoms with van der Waals surface area (Å²) in [4.78, 5) is 39.3. The minimum atomic E-state index is -4.56. The first-order valence-corrected chi connectivity index (χ1v) is 10.3. The molecule has 2 aromatic carbocycles. The molecule has 7 nitrogen and oxygen atoms in total. The Morgan fingerprint density at radius 2 is 1.67 bits per heavy atom. The predicted molar refractivity (Wildman–Crippen MR) is 118 cm³/mol. The standard InChI is InChI=1S/C23H21F3N4O3/c1-14-15(4-2-5-18(14)23(24,25)26)12-30-21(32)19(27)13-29(22(30)33)17-9-7-16(8-10-17)28-11-3-6-20(28)31/h2,4-5,7-10,13H,3,6,11-12,27H2,1H3. The highest BCUT2D eigenvalue weighted by Gasteiger charge is 2.33. The highest BCUT2D eigenvalue weighted by molar-refractivity contribution is 5.95. The van der Waals surface area contributed by atoms with Crippen LogP contribution in [-0.4, -0.2) is 21.6 Å². The van der Waals surface area contributed by atoms with Crippen LogP contribution in [0.2, 0.25) is 0 Å². The number of carbonyl (C=O) groups excluding carboxylic acids is 1. The van der Waals surface area contributed by atoms with Crippen LogP contribution in [0, 0.1) is 6.92 Å². The average Bonchev–Trinajstić information content (AvgIpc) is 3.20. The molecule has 1 amide bonds. The lowest BCUT2D eigenvalue weighted by molar-refractivity contribution is -0.138. The maximum absolute atomic E-state index is 13.3. The summed E-state index contributed by atoms with van der Waals surface area (Å²) < 4.78 is 41.8. The van der Waals surface area contributed by atoms with E-state index in [1.54, 1.807) is 29.2 Å². The van der Waals surface area contributed by atoms with Gasteiger partial charge in [0.2, 0.25) is 5.91 Å². The van der Waals surface area contributed by atoms with Crippen LogP contribution in [0.1, 0.15) is 29.5 Å². The Morgan fingerprint density at radius 1 is 1.00 bits per heavy atom. The number of nitrogen functional groups attached to an aromatic ring is 1. The van der Waals surface area contributed by atoms with Crippen molar-refractivity contribution in [1.29, 1.82) is 0 Å². The van der Waals surface area contributed by atoms with E-state index in [4.69, 9.17) is 5.73 Å². The van der Waals surface area contributed by atoms with Gasteiger partial charge in [0.05, 0.1) is 17.8 Å². The van der Waals surface area contributed by atoms with Gasteiger partial charge in [-0.15, -0.1) is 0 Å². The molecule has 1 aromatic heterocycles. The summed E-state index contributed by atoms with van der Waals surface area (Å²) in [5, 5.41) is 0. The van der Waals surface area contributed by atoms with Crippen LogP contribution in [0.3, 0.4) is 0 Å². The normalized spacial score (nSPS) is 14.2. The van der Waals surface area contributed by atoms with Crippen LogP contribution in [0.5, 0.6) is 0 Å². The fourth-order valence-corrected chi connectivity index (χ4v) is 3.99. The number of hydrogen-bond donors (Lipinski definition) is 1. The molecule has 2 heterocycles. The van der Waals surface area contributed by atoms with Gasteiger partial charge >= 0.3 is 11.9 Å². The number of carbonyl (C=O) groups is 1. The quantitative estimate of drug-likeness (QED) is 0.651. The summed E-state index contributed by atoms with van der Waals surface area (Å²) in [6.45, 7) is 1.55. The Hall–Kier alpha value is -3.82. The molecule has 4 rings (SSSR count). The van der Waals surface area contributed by atoms with Gasteiger partial charge in [-0.05, 0) is 54.8 Å². The Bertz CT molecular complexity index is 1340. The smallest absolute Gasteiger partial charge is 0.393 e. The summed E-state index contributed by atoms with van der Waals surface area (Å²) in [6, 6.07) is 10.2. The van der Waals surface area contributed by atoms with Gasteiger partial charge in [-0.2, -0.15) is 13.2 Å². The molecular weight excluding hydrogens is 437 g/mol. The van der Waals surface area contributed by atoms with Crippen LogP contribution in [0.25, 0.3) is 5.69 Å². The molecule has 1 fully saturated rings. The Morgan fingerprint density at radius 3 is 2.27 bits per heavy atom. The number of amides is 1. The molecule has 0 saturated carbocycles. The van der Waals surface area contributed by atoms with Crippen molar-refractivity contribution < 1.29 is 18.0 Å². The molecular formula is C23H21F3N4O3. The van der Waals surface area contributed by atoms with Crippen molar-refractivity contribution in [3.05, 3.63) is 86.2 Å². The second kappa shape index (κ2) is 8.27. The van der Waals surface area contributed by atoms with Crippen molar-refractivity contribution >= 4 is 17.3 Å². The molecule has 0 radical (unpaired) electrons. The van der Waals surface area contributed by atoms with E-state index in [-0.39, 0.29) is 29.3 Å². The zero-order chi connectivity index (χ0) is 23.9. The number of anilines is 2. The van der Waals surface area contributed by atoms with Gasteiger partial charge in [0.15, 0.2) is 0 Å². The molecule has 172 valence electrons. The number of benzene rings is 2. The zero-order valence-corrected chi connectivity index (χ0v) is 17.7. The number of rotatable bonds is 4. The van der Waals surface area contributed by atoms with Crippen LogP contribution in [0.4, 0.5) is 24.5 Å². The predicted octanol–water partition coefficient (Wildman–Crippen LogP) is 3.08. The van der Waals surface area contributed by atoms with Crippen LogP contribution < -0.4 is 21.9 Å². The monoisotopic (exact) mass is 458 g/mol. The highest BCUT2D eigenvalue weighted by Crippen LogP contribution is 2.33. The van der Waals surface area contributed by atoms with E-state index in [1.165, 1.54) is 25.3 Å². The topological polar surface area (TPSA) is 90.3 Å². The maximum Gasteiger partial charge on any atom is 0.416 e. The molecule has 3 aromatic rings. The number of halogens is 3. The highest BCUT2D eigenvalue weighted by atomic mass is 19.4. The lowest BCUT2D eigenvalue weighted by Crippen LogP contribution is -2.40. The third-order valence-electron chi connectivity index (χ3n) is 5.79. The Balaban J connectivity index is 1.74. The van der Waals surface area contributed by atoms with Gasteiger partial charge in [-0.1, -0.05) is 12.1 Å². The van der Waals surface area contributed by atoms with Gasteiger partial charge in [0.25, 0.3) is 5.56 Å². The van der Waals surface area contributed by atoms with Crippen molar-refractivity contribution in [2.45, 2.75) is 32.5 Å². The maximum atomic E-state index is 13.3. The Kier molecular flexibility index (Phi) is 5.61. The van der Waals surface area contributed by atoms with E-state index < -0.39 is 23.0 Å². The molecule has 1 aliphatic heterocycles. The van der Waals surface area contributed by atoms with E-state index in [0.29, 0.717) is 24.3 Å². The van der Waals surface area contributed by atoms with Crippen molar-refractivity contribution in [2.24, 2.45) is 0 Å². The number of alkyl halides is 3. The molecule has 0 spiro atoms. The van der Waals surface area contributed by atoms with Gasteiger partial charge in [0, 0.05) is 24.8 Å². The number of nitrogens with two attached hydrogens (primary N) is 1. The first kappa shape index (κ1) is 22.4. The van der Waals surface area contributed by atoms with E-state index >= 15 is 0 Å². The number of hydrogen-bond acceptors (Lipinski definition) is 4. The molecule has 10 heteroatoms. The summed E-state index contributed by atoms with van der Waals surface area (Å²) in [5.41, 5.74) is 4.47. The molecule has 0 aliphatic carbocycles. The Labute approximate surface area is 186 Å². The summed E-state index contributed by atoms with van der Waals surface area (Å²) in [5.74, 6) is 0.0224. The molecule has 0 atom stereocenters. The van der Waals surface area contributed by atoms with Crippen LogP contribution >= 0.6 is 0 Å². The molecule has 0 unspecified atom stereocenters. The second-order valence-electron chi connectivity index (χ2n) is 7.88. The minimum Gasteiger partial charge on any atom is -0.393 e. The molecule has 1 saturated heterocycles. The largest absolute Gasteiger partial charge is 0.416 e. The van der Waals surface area contributed by atoms with Crippen molar-refractivity contribution in [3.8, 4) is 5.69 Å². The van der Waals surface area contributed by atoms with Gasteiger partial charge in [0.1, 0.15) is 5.69 Å². The SMILES string of the molecule is Cc1c(Cn2c(=O)c(N)cn(-c3ccc(N4CCCC4=O)cc3)c2=O)cccc1C(F)(F)F. The van der Waals surface area contributed by atoms with Crippen LogP contribution in [0.15, 0.2) is 58.3 Å². The van der Waals surface area contributed by atoms with Gasteiger partial charge in [-0.3, -0.25) is 18.7 Å². The second-order valence-corrected chi connectivity index (χ2v) is 7.88. The molecule has 2 N–H and O–H groups in total. The van der Waals surface area contributed by atoms with Crippen molar-refractivity contribution in [2.75, 3.05) is 17.2 Å². The molecule has 1 aliphatic rings. The minimum absolute atomic E-state index is 0.0224. The van der Waals surface area contributed by atoms with Crippen molar-refractivity contribution in [3.63, 3.8) is 0 Å². The fraction of sp³-hybridized carbons (Fsp3) is 0.261. The molecule has 33 heavy (non-hydrogen) atoms. The third kappa shape index (κ3) is 4.15. The number of aromatic nitrogens is 2. The number of nitrogens with zero attached hydrogens (tertiary/aromatic N) is 3. The summed E-state index contributed by atoms with van der Waals surface area (Å²) in [7, 11) is 0. The lowest BCUT2D eigenvalue weighted by atomic mass is 10.0.